The summed E-state index contributed by atoms with van der Waals surface area (Å²) in [5.41, 5.74) is 0.428. The van der Waals surface area contributed by atoms with E-state index >= 15 is 0 Å². The number of halogens is 1. The molecule has 0 atom stereocenters. The Morgan fingerprint density at radius 2 is 1.97 bits per heavy atom. The maximum absolute atomic E-state index is 13.4. The number of aromatic hydroxyl groups is 1. The van der Waals surface area contributed by atoms with Gasteiger partial charge >= 0.3 is 0 Å². The van der Waals surface area contributed by atoms with Gasteiger partial charge in [0.2, 0.25) is 0 Å². The highest BCUT2D eigenvalue weighted by atomic mass is 79.9. The summed E-state index contributed by atoms with van der Waals surface area (Å²) in [5, 5.41) is 19.7. The van der Waals surface area contributed by atoms with Crippen LogP contribution in [0.4, 0.5) is 5.69 Å². The van der Waals surface area contributed by atoms with Gasteiger partial charge < -0.3 is 10.4 Å². The third kappa shape index (κ3) is 3.44. The van der Waals surface area contributed by atoms with Gasteiger partial charge in [0.15, 0.2) is 11.6 Å². The van der Waals surface area contributed by atoms with E-state index in [1.807, 2.05) is 24.3 Å². The Balaban J connectivity index is 1.72. The first-order valence-corrected chi connectivity index (χ1v) is 12.3. The summed E-state index contributed by atoms with van der Waals surface area (Å²) in [6.07, 6.45) is 1.51. The number of sulfonamides is 1. The molecule has 0 spiro atoms. The van der Waals surface area contributed by atoms with E-state index < -0.39 is 15.6 Å². The molecule has 0 bridgehead atoms. The summed E-state index contributed by atoms with van der Waals surface area (Å²) in [7, 11) is -4.06. The van der Waals surface area contributed by atoms with Crippen LogP contribution in [0.15, 0.2) is 83.6 Å². The van der Waals surface area contributed by atoms with Crippen molar-refractivity contribution in [3.8, 4) is 5.75 Å². The number of hydrogen-bond acceptors (Lipinski definition) is 7. The summed E-state index contributed by atoms with van der Waals surface area (Å²) >= 11 is 4.59. The molecule has 0 unspecified atom stereocenters. The summed E-state index contributed by atoms with van der Waals surface area (Å²) in [4.78, 5) is 13.4. The van der Waals surface area contributed by atoms with Crippen molar-refractivity contribution in [2.45, 2.75) is 4.90 Å². The van der Waals surface area contributed by atoms with Gasteiger partial charge in [-0.05, 0) is 41.3 Å². The minimum atomic E-state index is -4.06. The van der Waals surface area contributed by atoms with E-state index in [-0.39, 0.29) is 27.7 Å². The van der Waals surface area contributed by atoms with Crippen LogP contribution in [0.25, 0.3) is 10.2 Å². The van der Waals surface area contributed by atoms with E-state index in [0.29, 0.717) is 10.2 Å². The number of anilines is 1. The van der Waals surface area contributed by atoms with Crippen LogP contribution in [0.1, 0.15) is 11.1 Å². The Labute approximate surface area is 194 Å². The molecule has 3 heterocycles. The number of nitrogens with one attached hydrogen (secondary N) is 1. The van der Waals surface area contributed by atoms with Crippen LogP contribution in [0.2, 0.25) is 0 Å². The molecule has 2 aromatic carbocycles. The molecular weight excluding hydrogens is 516 g/mol. The molecule has 1 aliphatic heterocycles. The Morgan fingerprint density at radius 1 is 1.16 bits per heavy atom. The molecule has 0 aliphatic carbocycles. The second-order valence-electron chi connectivity index (χ2n) is 6.81. The molecule has 4 aromatic rings. The van der Waals surface area contributed by atoms with Crippen LogP contribution in [0, 0.1) is 0 Å². The molecule has 2 aromatic heterocycles. The van der Waals surface area contributed by atoms with Gasteiger partial charge in [-0.2, -0.15) is 18.2 Å². The molecule has 0 amide bonds. The summed E-state index contributed by atoms with van der Waals surface area (Å²) in [5.74, 6) is -0.609. The topological polar surface area (TPSA) is 113 Å². The molecule has 2 N–H and O–H groups in total. The molecular formula is C21H13BrN4O4S2. The first kappa shape index (κ1) is 20.6. The number of amidine groups is 1. The number of thiophene rings is 1. The lowest BCUT2D eigenvalue weighted by Crippen LogP contribution is -2.31. The van der Waals surface area contributed by atoms with Gasteiger partial charge in [0.1, 0.15) is 10.5 Å². The van der Waals surface area contributed by atoms with Crippen molar-refractivity contribution in [2.24, 2.45) is 9.50 Å². The van der Waals surface area contributed by atoms with E-state index in [9.17, 15) is 18.3 Å². The third-order valence-corrected chi connectivity index (χ3v) is 7.51. The van der Waals surface area contributed by atoms with Crippen molar-refractivity contribution in [1.82, 2.24) is 4.68 Å². The zero-order chi connectivity index (χ0) is 22.5. The smallest absolute Gasteiger partial charge is 0.286 e. The van der Waals surface area contributed by atoms with Crippen LogP contribution in [-0.2, 0) is 10.0 Å². The van der Waals surface area contributed by atoms with Gasteiger partial charge in [0, 0.05) is 4.47 Å². The average molecular weight is 529 g/mol. The SMILES string of the molecule is O=c1c(C2=NS(=O)(=O)c3ccccc3N2)c(O)c2sccc2n1N=Cc1cccc(Br)c1. The maximum atomic E-state index is 13.4. The van der Waals surface area contributed by atoms with Crippen molar-refractivity contribution in [3.63, 3.8) is 0 Å². The van der Waals surface area contributed by atoms with E-state index in [4.69, 9.17) is 0 Å². The molecule has 0 fully saturated rings. The predicted molar refractivity (Wildman–Crippen MR) is 129 cm³/mol. The fourth-order valence-electron chi connectivity index (χ4n) is 3.34. The van der Waals surface area contributed by atoms with Gasteiger partial charge in [0.25, 0.3) is 15.6 Å². The molecule has 32 heavy (non-hydrogen) atoms. The third-order valence-electron chi connectivity index (χ3n) is 4.77. The first-order valence-electron chi connectivity index (χ1n) is 9.21. The zero-order valence-corrected chi connectivity index (χ0v) is 19.3. The fraction of sp³-hybridized carbons (Fsp3) is 0. The van der Waals surface area contributed by atoms with E-state index in [1.54, 1.807) is 29.6 Å². The van der Waals surface area contributed by atoms with Gasteiger partial charge in [-0.25, -0.2) is 0 Å². The van der Waals surface area contributed by atoms with Crippen LogP contribution in [-0.4, -0.2) is 30.3 Å². The summed E-state index contributed by atoms with van der Waals surface area (Å²) in [6, 6.07) is 15.2. The fourth-order valence-corrected chi connectivity index (χ4v) is 5.70. The number of rotatable bonds is 3. The predicted octanol–water partition coefficient (Wildman–Crippen LogP) is 3.97. The number of fused-ring (bicyclic) bond motifs is 2. The van der Waals surface area contributed by atoms with Crippen LogP contribution in [0.5, 0.6) is 5.75 Å². The number of hydrogen-bond donors (Lipinski definition) is 2. The Hall–Kier alpha value is -3.28. The molecule has 0 saturated carbocycles. The second kappa shape index (κ2) is 7.69. The first-order chi connectivity index (χ1) is 15.3. The van der Waals surface area contributed by atoms with Gasteiger partial charge in [-0.15, -0.1) is 15.7 Å². The van der Waals surface area contributed by atoms with Crippen LogP contribution in [0.3, 0.4) is 0 Å². The number of para-hydroxylation sites is 1. The number of benzene rings is 2. The Kier molecular flexibility index (Phi) is 4.96. The van der Waals surface area contributed by atoms with Crippen molar-refractivity contribution in [3.05, 3.63) is 85.9 Å². The normalized spacial score (nSPS) is 14.8. The minimum Gasteiger partial charge on any atom is -0.505 e. The molecule has 0 saturated heterocycles. The van der Waals surface area contributed by atoms with Crippen LogP contribution < -0.4 is 10.9 Å². The lowest BCUT2D eigenvalue weighted by molar-refractivity contribution is 0.479. The molecule has 11 heteroatoms. The number of aromatic nitrogens is 1. The summed E-state index contributed by atoms with van der Waals surface area (Å²) in [6.45, 7) is 0. The van der Waals surface area contributed by atoms with Gasteiger partial charge in [0.05, 0.1) is 22.1 Å². The number of pyridine rings is 1. The molecule has 8 nitrogen and oxygen atoms in total. The monoisotopic (exact) mass is 528 g/mol. The lowest BCUT2D eigenvalue weighted by atomic mass is 10.2. The van der Waals surface area contributed by atoms with Gasteiger partial charge in [-0.3, -0.25) is 4.79 Å². The largest absolute Gasteiger partial charge is 0.505 e. The van der Waals surface area contributed by atoms with Crippen molar-refractivity contribution < 1.29 is 13.5 Å². The Morgan fingerprint density at radius 3 is 2.78 bits per heavy atom. The molecule has 5 rings (SSSR count). The van der Waals surface area contributed by atoms with Crippen LogP contribution >= 0.6 is 27.3 Å². The molecule has 1 aliphatic rings. The van der Waals surface area contributed by atoms with Crippen molar-refractivity contribution >= 4 is 65.2 Å². The molecule has 0 radical (unpaired) electrons. The highest BCUT2D eigenvalue weighted by Gasteiger charge is 2.30. The molecule has 160 valence electrons. The standard InChI is InChI=1S/C21H13BrN4O4S2/c22-13-5-3-4-12(10-13)11-23-26-15-8-9-31-19(15)18(27)17(21(26)28)20-24-14-6-1-2-7-16(14)32(29,30)25-20/h1-11,27H,(H,24,25). The highest BCUT2D eigenvalue weighted by Crippen LogP contribution is 2.34. The summed E-state index contributed by atoms with van der Waals surface area (Å²) < 4.78 is 31.5. The van der Waals surface area contributed by atoms with E-state index in [0.717, 1.165) is 14.7 Å². The van der Waals surface area contributed by atoms with Gasteiger partial charge in [-0.1, -0.05) is 40.2 Å². The van der Waals surface area contributed by atoms with Crippen molar-refractivity contribution in [1.29, 1.82) is 0 Å². The quantitative estimate of drug-likeness (QED) is 0.390. The average Bonchev–Trinajstić information content (AvgIpc) is 3.23. The lowest BCUT2D eigenvalue weighted by Gasteiger charge is -2.19. The second-order valence-corrected chi connectivity index (χ2v) is 10.2. The Bertz CT molecular complexity index is 1620. The van der Waals surface area contributed by atoms with E-state index in [2.05, 4.69) is 30.7 Å². The number of nitrogens with zero attached hydrogens (tertiary/aromatic N) is 3. The van der Waals surface area contributed by atoms with Crippen molar-refractivity contribution in [2.75, 3.05) is 5.32 Å². The van der Waals surface area contributed by atoms with E-state index in [1.165, 1.54) is 23.6 Å². The minimum absolute atomic E-state index is 0.00607. The maximum Gasteiger partial charge on any atom is 0.286 e. The zero-order valence-electron chi connectivity index (χ0n) is 16.1. The highest BCUT2D eigenvalue weighted by molar-refractivity contribution is 9.10.